The Labute approximate surface area is 156 Å². The van der Waals surface area contributed by atoms with Crippen LogP contribution in [0.15, 0.2) is 41.2 Å². The molecular formula is C19H22N4O2S. The summed E-state index contributed by atoms with van der Waals surface area (Å²) >= 11 is 1.58. The molecule has 0 fully saturated rings. The Hall–Kier alpha value is -2.54. The molecule has 1 amide bonds. The number of para-hydroxylation sites is 1. The topological polar surface area (TPSA) is 68.1 Å². The normalized spacial score (nSPS) is 12.3. The molecule has 0 radical (unpaired) electrons. The molecule has 0 aliphatic heterocycles. The average Bonchev–Trinajstić information content (AvgIpc) is 3.09. The number of aromatic nitrogens is 3. The second kappa shape index (κ2) is 7.78. The number of unbranched alkanes of at least 4 members (excludes halogenated alkanes) is 1. The van der Waals surface area contributed by atoms with Gasteiger partial charge in [0.05, 0.1) is 16.3 Å². The number of rotatable bonds is 6. The average molecular weight is 370 g/mol. The fourth-order valence-electron chi connectivity index (χ4n) is 2.62. The molecule has 3 aromatic rings. The zero-order valence-electron chi connectivity index (χ0n) is 15.2. The molecule has 26 heavy (non-hydrogen) atoms. The number of carbonyl (C=O) groups excluding carboxylic acids is 1. The quantitative estimate of drug-likeness (QED) is 0.666. The number of hydrogen-bond donors (Lipinski definition) is 0. The molecule has 1 atom stereocenters. The van der Waals surface area contributed by atoms with Gasteiger partial charge in [0.25, 0.3) is 11.5 Å². The minimum Gasteiger partial charge on any atom is -0.331 e. The summed E-state index contributed by atoms with van der Waals surface area (Å²) in [5.74, 6) is -0.220. The molecule has 6 nitrogen and oxygen atoms in total. The first kappa shape index (κ1) is 18.3. The molecule has 2 aromatic heterocycles. The van der Waals surface area contributed by atoms with Crippen LogP contribution >= 0.6 is 11.3 Å². The Morgan fingerprint density at radius 3 is 2.77 bits per heavy atom. The fourth-order valence-corrected chi connectivity index (χ4v) is 3.68. The van der Waals surface area contributed by atoms with Crippen molar-refractivity contribution >= 4 is 27.5 Å². The number of nitrogens with zero attached hydrogens (tertiary/aromatic N) is 4. The van der Waals surface area contributed by atoms with Crippen molar-refractivity contribution in [3.8, 4) is 0 Å². The molecule has 3 rings (SSSR count). The molecule has 0 bridgehead atoms. The Morgan fingerprint density at radius 2 is 2.04 bits per heavy atom. The van der Waals surface area contributed by atoms with Crippen LogP contribution < -0.4 is 5.56 Å². The van der Waals surface area contributed by atoms with Crippen molar-refractivity contribution in [3.63, 3.8) is 0 Å². The number of thiazole rings is 1. The van der Waals surface area contributed by atoms with Crippen molar-refractivity contribution in [3.05, 3.63) is 57.5 Å². The Kier molecular flexibility index (Phi) is 5.46. The third-order valence-corrected chi connectivity index (χ3v) is 5.58. The molecule has 0 saturated heterocycles. The molecule has 0 aliphatic carbocycles. The second-order valence-electron chi connectivity index (χ2n) is 6.25. The highest BCUT2D eigenvalue weighted by atomic mass is 32.1. The SMILES string of the molecule is CCCCn1nc(C(=O)N(C)[C@@H](C)c2nc3ccccc3s2)ccc1=O. The van der Waals surface area contributed by atoms with Crippen molar-refractivity contribution in [2.24, 2.45) is 0 Å². The van der Waals surface area contributed by atoms with Gasteiger partial charge in [0.1, 0.15) is 10.7 Å². The van der Waals surface area contributed by atoms with E-state index in [1.807, 2.05) is 38.1 Å². The van der Waals surface area contributed by atoms with E-state index in [-0.39, 0.29) is 23.2 Å². The summed E-state index contributed by atoms with van der Waals surface area (Å²) in [7, 11) is 1.74. The van der Waals surface area contributed by atoms with E-state index in [1.54, 1.807) is 23.3 Å². The van der Waals surface area contributed by atoms with E-state index in [1.165, 1.54) is 16.8 Å². The maximum Gasteiger partial charge on any atom is 0.274 e. The highest BCUT2D eigenvalue weighted by molar-refractivity contribution is 7.18. The van der Waals surface area contributed by atoms with Gasteiger partial charge in [-0.05, 0) is 31.5 Å². The van der Waals surface area contributed by atoms with Gasteiger partial charge in [-0.2, -0.15) is 5.10 Å². The van der Waals surface area contributed by atoms with E-state index >= 15 is 0 Å². The summed E-state index contributed by atoms with van der Waals surface area (Å²) in [5, 5.41) is 5.12. The first-order valence-corrected chi connectivity index (χ1v) is 9.53. The van der Waals surface area contributed by atoms with Gasteiger partial charge in [-0.25, -0.2) is 9.67 Å². The Morgan fingerprint density at radius 1 is 1.27 bits per heavy atom. The molecule has 1 aromatic carbocycles. The molecular weight excluding hydrogens is 348 g/mol. The fraction of sp³-hybridized carbons (Fsp3) is 0.368. The molecule has 0 spiro atoms. The number of aryl methyl sites for hydroxylation is 1. The summed E-state index contributed by atoms with van der Waals surface area (Å²) in [6.45, 7) is 4.52. The van der Waals surface area contributed by atoms with Crippen molar-refractivity contribution in [2.75, 3.05) is 7.05 Å². The van der Waals surface area contributed by atoms with Gasteiger partial charge >= 0.3 is 0 Å². The van der Waals surface area contributed by atoms with Crippen LogP contribution in [0, 0.1) is 0 Å². The van der Waals surface area contributed by atoms with E-state index in [2.05, 4.69) is 10.1 Å². The summed E-state index contributed by atoms with van der Waals surface area (Å²) < 4.78 is 2.47. The highest BCUT2D eigenvalue weighted by Gasteiger charge is 2.23. The minimum absolute atomic E-state index is 0.183. The van der Waals surface area contributed by atoms with Gasteiger partial charge in [-0.1, -0.05) is 25.5 Å². The monoisotopic (exact) mass is 370 g/mol. The van der Waals surface area contributed by atoms with Crippen LogP contribution in [-0.2, 0) is 6.54 Å². The second-order valence-corrected chi connectivity index (χ2v) is 7.31. The lowest BCUT2D eigenvalue weighted by atomic mass is 10.2. The number of benzene rings is 1. The third kappa shape index (κ3) is 3.67. The Balaban J connectivity index is 1.83. The predicted molar refractivity (Wildman–Crippen MR) is 104 cm³/mol. The summed E-state index contributed by atoms with van der Waals surface area (Å²) in [6.07, 6.45) is 1.81. The van der Waals surface area contributed by atoms with Gasteiger partial charge in [0.15, 0.2) is 0 Å². The van der Waals surface area contributed by atoms with Crippen LogP contribution in [0.25, 0.3) is 10.2 Å². The third-order valence-electron chi connectivity index (χ3n) is 4.38. The zero-order chi connectivity index (χ0) is 18.7. The molecule has 0 aliphatic rings. The van der Waals surface area contributed by atoms with Crippen molar-refractivity contribution in [1.82, 2.24) is 19.7 Å². The molecule has 0 saturated carbocycles. The summed E-state index contributed by atoms with van der Waals surface area (Å²) in [4.78, 5) is 31.0. The lowest BCUT2D eigenvalue weighted by Crippen LogP contribution is -2.33. The molecule has 0 unspecified atom stereocenters. The summed E-state index contributed by atoms with van der Waals surface area (Å²) in [6, 6.07) is 10.6. The van der Waals surface area contributed by atoms with Crippen molar-refractivity contribution < 1.29 is 4.79 Å². The largest absolute Gasteiger partial charge is 0.331 e. The maximum absolute atomic E-state index is 12.8. The lowest BCUT2D eigenvalue weighted by Gasteiger charge is -2.23. The van der Waals surface area contributed by atoms with Gasteiger partial charge < -0.3 is 4.90 Å². The van der Waals surface area contributed by atoms with Crippen LogP contribution in [0.5, 0.6) is 0 Å². The molecule has 0 N–H and O–H groups in total. The maximum atomic E-state index is 12.8. The van der Waals surface area contributed by atoms with E-state index in [9.17, 15) is 9.59 Å². The van der Waals surface area contributed by atoms with Gasteiger partial charge in [0.2, 0.25) is 0 Å². The van der Waals surface area contributed by atoms with Crippen molar-refractivity contribution in [1.29, 1.82) is 0 Å². The van der Waals surface area contributed by atoms with Crippen LogP contribution in [0.2, 0.25) is 0 Å². The van der Waals surface area contributed by atoms with Gasteiger partial charge in [-0.15, -0.1) is 11.3 Å². The standard InChI is InChI=1S/C19H22N4O2S/c1-4-5-12-23-17(24)11-10-15(21-23)19(25)22(3)13(2)18-20-14-8-6-7-9-16(14)26-18/h6-11,13H,4-5,12H2,1-3H3/t13-/m0/s1. The number of hydrogen-bond acceptors (Lipinski definition) is 5. The minimum atomic E-state index is -0.220. The van der Waals surface area contributed by atoms with Crippen molar-refractivity contribution in [2.45, 2.75) is 39.3 Å². The first-order valence-electron chi connectivity index (χ1n) is 8.72. The predicted octanol–water partition coefficient (Wildman–Crippen LogP) is 3.49. The zero-order valence-corrected chi connectivity index (χ0v) is 16.0. The highest BCUT2D eigenvalue weighted by Crippen LogP contribution is 2.29. The number of carbonyl (C=O) groups is 1. The van der Waals surface area contributed by atoms with E-state index < -0.39 is 0 Å². The van der Waals surface area contributed by atoms with Gasteiger partial charge in [-0.3, -0.25) is 9.59 Å². The van der Waals surface area contributed by atoms with Crippen LogP contribution in [0.3, 0.4) is 0 Å². The molecule has 2 heterocycles. The van der Waals surface area contributed by atoms with Gasteiger partial charge in [0, 0.05) is 19.7 Å². The van der Waals surface area contributed by atoms with Crippen LogP contribution in [-0.4, -0.2) is 32.6 Å². The smallest absolute Gasteiger partial charge is 0.274 e. The Bertz CT molecular complexity index is 946. The van der Waals surface area contributed by atoms with E-state index in [4.69, 9.17) is 0 Å². The van der Waals surface area contributed by atoms with E-state index in [0.717, 1.165) is 28.1 Å². The van der Waals surface area contributed by atoms with E-state index in [0.29, 0.717) is 6.54 Å². The first-order chi connectivity index (χ1) is 12.5. The number of amides is 1. The lowest BCUT2D eigenvalue weighted by molar-refractivity contribution is 0.0733. The number of fused-ring (bicyclic) bond motifs is 1. The molecule has 136 valence electrons. The summed E-state index contributed by atoms with van der Waals surface area (Å²) in [5.41, 5.74) is 1.03. The van der Waals surface area contributed by atoms with Crippen LogP contribution in [0.1, 0.15) is 48.2 Å². The van der Waals surface area contributed by atoms with Crippen LogP contribution in [0.4, 0.5) is 0 Å². The molecule has 7 heteroatoms.